The Bertz CT molecular complexity index is 223. The van der Waals surface area contributed by atoms with Crippen LogP contribution in [0.25, 0.3) is 0 Å². The van der Waals surface area contributed by atoms with E-state index in [0.717, 1.165) is 39.3 Å². The molecule has 0 atom stereocenters. The molecule has 2 rings (SSSR count). The molecule has 1 amide bonds. The van der Waals surface area contributed by atoms with E-state index in [1.807, 2.05) is 16.7 Å². The first kappa shape index (κ1) is 12.2. The topological polar surface area (TPSA) is 35.6 Å². The fourth-order valence-electron chi connectivity index (χ4n) is 2.16. The van der Waals surface area contributed by atoms with E-state index in [0.29, 0.717) is 12.5 Å². The van der Waals surface area contributed by atoms with Gasteiger partial charge < -0.3 is 10.2 Å². The summed E-state index contributed by atoms with van der Waals surface area (Å²) in [4.78, 5) is 16.3. The first-order valence-electron chi connectivity index (χ1n) is 6.15. The minimum absolute atomic E-state index is 0.313. The number of nitrogens with zero attached hydrogens (tertiary/aromatic N) is 2. The number of hydrogen-bond donors (Lipinski definition) is 1. The third-order valence-electron chi connectivity index (χ3n) is 3.14. The van der Waals surface area contributed by atoms with Crippen LogP contribution in [-0.2, 0) is 4.79 Å². The normalized spacial score (nSPS) is 24.1. The molecule has 1 N–H and O–H groups in total. The van der Waals surface area contributed by atoms with Gasteiger partial charge in [-0.2, -0.15) is 11.8 Å². The van der Waals surface area contributed by atoms with E-state index in [-0.39, 0.29) is 0 Å². The fraction of sp³-hybridized carbons (Fsp3) is 0.909. The van der Waals surface area contributed by atoms with E-state index in [9.17, 15) is 4.79 Å². The fourth-order valence-corrected chi connectivity index (χ4v) is 3.09. The summed E-state index contributed by atoms with van der Waals surface area (Å²) in [6.45, 7) is 6.43. The van der Waals surface area contributed by atoms with Crippen LogP contribution < -0.4 is 5.32 Å². The van der Waals surface area contributed by atoms with Crippen molar-refractivity contribution in [2.45, 2.75) is 6.42 Å². The monoisotopic (exact) mass is 243 g/mol. The molecule has 0 bridgehead atoms. The van der Waals surface area contributed by atoms with Gasteiger partial charge in [0.05, 0.1) is 6.54 Å². The van der Waals surface area contributed by atoms with Crippen molar-refractivity contribution >= 4 is 17.7 Å². The van der Waals surface area contributed by atoms with E-state index < -0.39 is 0 Å². The van der Waals surface area contributed by atoms with Crippen LogP contribution in [0.4, 0.5) is 0 Å². The zero-order valence-corrected chi connectivity index (χ0v) is 10.6. The van der Waals surface area contributed by atoms with Crippen LogP contribution in [0, 0.1) is 0 Å². The number of nitrogens with one attached hydrogen (secondary N) is 1. The maximum Gasteiger partial charge on any atom is 0.236 e. The lowest BCUT2D eigenvalue weighted by Crippen LogP contribution is -2.49. The van der Waals surface area contributed by atoms with Crippen LogP contribution in [0.2, 0.25) is 0 Å². The molecule has 0 spiro atoms. The summed E-state index contributed by atoms with van der Waals surface area (Å²) >= 11 is 2.01. The molecule has 2 saturated heterocycles. The Balaban J connectivity index is 1.76. The van der Waals surface area contributed by atoms with E-state index in [1.54, 1.807) is 0 Å². The van der Waals surface area contributed by atoms with Crippen molar-refractivity contribution in [2.75, 3.05) is 57.3 Å². The van der Waals surface area contributed by atoms with Gasteiger partial charge in [0.15, 0.2) is 0 Å². The maximum atomic E-state index is 12.0. The summed E-state index contributed by atoms with van der Waals surface area (Å²) in [7, 11) is 0. The lowest BCUT2D eigenvalue weighted by Gasteiger charge is -2.29. The molecule has 0 saturated carbocycles. The lowest BCUT2D eigenvalue weighted by atomic mass is 10.3. The number of carbonyl (C=O) groups excluding carboxylic acids is 1. The van der Waals surface area contributed by atoms with Gasteiger partial charge in [-0.3, -0.25) is 9.69 Å². The molecular weight excluding hydrogens is 222 g/mol. The summed E-state index contributed by atoms with van der Waals surface area (Å²) in [6, 6.07) is 0. The summed E-state index contributed by atoms with van der Waals surface area (Å²) in [5, 5.41) is 3.27. The average Bonchev–Trinajstić information content (AvgIpc) is 2.59. The molecule has 2 aliphatic heterocycles. The van der Waals surface area contributed by atoms with Crippen LogP contribution in [-0.4, -0.2) is 73.0 Å². The van der Waals surface area contributed by atoms with Gasteiger partial charge in [-0.05, 0) is 18.7 Å². The van der Waals surface area contributed by atoms with Gasteiger partial charge in [0.25, 0.3) is 0 Å². The van der Waals surface area contributed by atoms with Crippen molar-refractivity contribution in [3.63, 3.8) is 0 Å². The Morgan fingerprint density at radius 2 is 1.94 bits per heavy atom. The van der Waals surface area contributed by atoms with Crippen LogP contribution in [0.15, 0.2) is 0 Å². The van der Waals surface area contributed by atoms with Gasteiger partial charge >= 0.3 is 0 Å². The number of hydrogen-bond acceptors (Lipinski definition) is 4. The number of rotatable bonds is 2. The number of amides is 1. The second-order valence-electron chi connectivity index (χ2n) is 4.37. The van der Waals surface area contributed by atoms with Crippen LogP contribution in [0.3, 0.4) is 0 Å². The molecule has 0 aromatic carbocycles. The minimum Gasteiger partial charge on any atom is -0.339 e. The van der Waals surface area contributed by atoms with Gasteiger partial charge in [0, 0.05) is 38.5 Å². The van der Waals surface area contributed by atoms with Crippen molar-refractivity contribution in [3.8, 4) is 0 Å². The largest absolute Gasteiger partial charge is 0.339 e. The maximum absolute atomic E-state index is 12.0. The Hall–Kier alpha value is -0.260. The van der Waals surface area contributed by atoms with Crippen LogP contribution in [0.5, 0.6) is 0 Å². The molecule has 0 aliphatic carbocycles. The molecule has 92 valence electrons. The molecule has 5 heteroatoms. The highest BCUT2D eigenvalue weighted by Gasteiger charge is 2.19. The van der Waals surface area contributed by atoms with Crippen LogP contribution in [0.1, 0.15) is 6.42 Å². The summed E-state index contributed by atoms with van der Waals surface area (Å²) in [5.41, 5.74) is 0. The zero-order valence-electron chi connectivity index (χ0n) is 9.78. The van der Waals surface area contributed by atoms with Gasteiger partial charge in [-0.15, -0.1) is 0 Å². The summed E-state index contributed by atoms with van der Waals surface area (Å²) in [5.74, 6) is 2.74. The molecule has 2 heterocycles. The standard InChI is InChI=1S/C11H21N3OS/c15-11(14-5-2-12-3-6-14)10-13-4-1-8-16-9-7-13/h12H,1-10H2. The van der Waals surface area contributed by atoms with Gasteiger partial charge in [-0.1, -0.05) is 0 Å². The highest BCUT2D eigenvalue weighted by atomic mass is 32.2. The summed E-state index contributed by atoms with van der Waals surface area (Å²) < 4.78 is 0. The molecule has 0 radical (unpaired) electrons. The van der Waals surface area contributed by atoms with Crippen molar-refractivity contribution in [2.24, 2.45) is 0 Å². The number of piperazine rings is 1. The predicted octanol–water partition coefficient (Wildman–Crippen LogP) is -0.143. The number of thioether (sulfide) groups is 1. The molecule has 4 nitrogen and oxygen atoms in total. The van der Waals surface area contributed by atoms with Gasteiger partial charge in [0.1, 0.15) is 0 Å². The van der Waals surface area contributed by atoms with Crippen molar-refractivity contribution in [3.05, 3.63) is 0 Å². The molecule has 0 unspecified atom stereocenters. The molecule has 16 heavy (non-hydrogen) atoms. The van der Waals surface area contributed by atoms with Crippen molar-refractivity contribution < 1.29 is 4.79 Å². The van der Waals surface area contributed by atoms with E-state index in [1.165, 1.54) is 17.9 Å². The van der Waals surface area contributed by atoms with E-state index in [2.05, 4.69) is 10.2 Å². The lowest BCUT2D eigenvalue weighted by molar-refractivity contribution is -0.132. The van der Waals surface area contributed by atoms with Crippen molar-refractivity contribution in [1.29, 1.82) is 0 Å². The molecule has 0 aromatic rings. The zero-order chi connectivity index (χ0) is 11.2. The highest BCUT2D eigenvalue weighted by Crippen LogP contribution is 2.10. The molecule has 2 fully saturated rings. The van der Waals surface area contributed by atoms with Gasteiger partial charge in [-0.25, -0.2) is 0 Å². The third-order valence-corrected chi connectivity index (χ3v) is 4.19. The Morgan fingerprint density at radius 1 is 1.12 bits per heavy atom. The highest BCUT2D eigenvalue weighted by molar-refractivity contribution is 7.99. The van der Waals surface area contributed by atoms with Crippen molar-refractivity contribution in [1.82, 2.24) is 15.1 Å². The molecule has 0 aromatic heterocycles. The molecule has 2 aliphatic rings. The average molecular weight is 243 g/mol. The van der Waals surface area contributed by atoms with E-state index >= 15 is 0 Å². The minimum atomic E-state index is 0.313. The predicted molar refractivity (Wildman–Crippen MR) is 67.8 cm³/mol. The molecular formula is C11H21N3OS. The van der Waals surface area contributed by atoms with E-state index in [4.69, 9.17) is 0 Å². The van der Waals surface area contributed by atoms with Crippen LogP contribution >= 0.6 is 11.8 Å². The first-order valence-corrected chi connectivity index (χ1v) is 7.30. The SMILES string of the molecule is O=C(CN1CCCSCC1)N1CCNCC1. The second-order valence-corrected chi connectivity index (χ2v) is 5.60. The second kappa shape index (κ2) is 6.47. The quantitative estimate of drug-likeness (QED) is 0.732. The smallest absolute Gasteiger partial charge is 0.236 e. The first-order chi connectivity index (χ1) is 7.86. The third kappa shape index (κ3) is 3.64. The Kier molecular flexibility index (Phi) is 4.93. The Morgan fingerprint density at radius 3 is 2.75 bits per heavy atom. The Labute approximate surface area is 102 Å². The number of carbonyl (C=O) groups is 1. The van der Waals surface area contributed by atoms with Gasteiger partial charge in [0.2, 0.25) is 5.91 Å². The summed E-state index contributed by atoms with van der Waals surface area (Å²) in [6.07, 6.45) is 1.22.